The van der Waals surface area contributed by atoms with Gasteiger partial charge in [-0.15, -0.1) is 0 Å². The Labute approximate surface area is 68.5 Å². The van der Waals surface area contributed by atoms with Crippen LogP contribution in [0.4, 0.5) is 0 Å². The van der Waals surface area contributed by atoms with Crippen LogP contribution < -0.4 is 0 Å². The Morgan fingerprint density at radius 3 is 2.45 bits per heavy atom. The lowest BCUT2D eigenvalue weighted by molar-refractivity contribution is -0.125. The first-order valence-electron chi connectivity index (χ1n) is 4.18. The Morgan fingerprint density at radius 1 is 1.73 bits per heavy atom. The molecule has 2 atom stereocenters. The van der Waals surface area contributed by atoms with Gasteiger partial charge in [-0.05, 0) is 33.1 Å². The molecule has 0 aromatic carbocycles. The molecule has 0 heterocycles. The minimum atomic E-state index is -0.167. The van der Waals surface area contributed by atoms with E-state index in [0.717, 1.165) is 6.42 Å². The fourth-order valence-corrected chi connectivity index (χ4v) is 1.81. The van der Waals surface area contributed by atoms with Crippen LogP contribution >= 0.6 is 0 Å². The van der Waals surface area contributed by atoms with Gasteiger partial charge in [-0.2, -0.15) is 0 Å². The van der Waals surface area contributed by atoms with Crippen LogP contribution in [0.2, 0.25) is 0 Å². The molecule has 11 heavy (non-hydrogen) atoms. The minimum Gasteiger partial charge on any atom is -0.299 e. The summed E-state index contributed by atoms with van der Waals surface area (Å²) in [6, 6.07) is 0. The van der Waals surface area contributed by atoms with Gasteiger partial charge in [-0.25, -0.2) is 0 Å². The maximum atomic E-state index is 11.3. The van der Waals surface area contributed by atoms with Crippen molar-refractivity contribution >= 4 is 5.78 Å². The monoisotopic (exact) mass is 152 g/mol. The highest BCUT2D eigenvalue weighted by atomic mass is 16.1. The first kappa shape index (κ1) is 8.51. The van der Waals surface area contributed by atoms with Crippen molar-refractivity contribution in [1.82, 2.24) is 0 Å². The molecule has 0 saturated heterocycles. The molecule has 0 N–H and O–H groups in total. The van der Waals surface area contributed by atoms with E-state index in [2.05, 4.69) is 26.8 Å². The SMILES string of the molecule is CC(=O)[C@]1(C)C(C)=CC[C@@H]1C. The highest BCUT2D eigenvalue weighted by Gasteiger charge is 2.40. The molecule has 1 aliphatic rings. The summed E-state index contributed by atoms with van der Waals surface area (Å²) >= 11 is 0. The molecule has 0 unspecified atom stereocenters. The van der Waals surface area contributed by atoms with E-state index in [1.54, 1.807) is 6.92 Å². The first-order chi connectivity index (χ1) is 4.99. The summed E-state index contributed by atoms with van der Waals surface area (Å²) in [5, 5.41) is 0. The minimum absolute atomic E-state index is 0.167. The smallest absolute Gasteiger partial charge is 0.139 e. The quantitative estimate of drug-likeness (QED) is 0.528. The van der Waals surface area contributed by atoms with Crippen molar-refractivity contribution in [1.29, 1.82) is 0 Å². The Hall–Kier alpha value is -0.590. The zero-order valence-corrected chi connectivity index (χ0v) is 7.77. The van der Waals surface area contributed by atoms with Crippen LogP contribution in [0.5, 0.6) is 0 Å². The van der Waals surface area contributed by atoms with Crippen molar-refractivity contribution < 1.29 is 4.79 Å². The zero-order valence-electron chi connectivity index (χ0n) is 7.77. The molecular weight excluding hydrogens is 136 g/mol. The van der Waals surface area contributed by atoms with Crippen LogP contribution in [0.15, 0.2) is 11.6 Å². The molecule has 0 amide bonds. The molecule has 0 bridgehead atoms. The summed E-state index contributed by atoms with van der Waals surface area (Å²) in [6.45, 7) is 7.96. The average Bonchev–Trinajstić information content (AvgIpc) is 2.18. The topological polar surface area (TPSA) is 17.1 Å². The third-order valence-corrected chi connectivity index (χ3v) is 3.31. The molecule has 0 radical (unpaired) electrons. The number of allylic oxidation sites excluding steroid dienone is 2. The molecule has 0 fully saturated rings. The van der Waals surface area contributed by atoms with Crippen molar-refractivity contribution in [2.24, 2.45) is 11.3 Å². The van der Waals surface area contributed by atoms with Crippen LogP contribution in [0, 0.1) is 11.3 Å². The fourth-order valence-electron chi connectivity index (χ4n) is 1.81. The lowest BCUT2D eigenvalue weighted by Gasteiger charge is -2.28. The Morgan fingerprint density at radius 2 is 2.27 bits per heavy atom. The van der Waals surface area contributed by atoms with Crippen LogP contribution in [0.3, 0.4) is 0 Å². The zero-order chi connectivity index (χ0) is 8.65. The third-order valence-electron chi connectivity index (χ3n) is 3.31. The van der Waals surface area contributed by atoms with Crippen molar-refractivity contribution in [3.05, 3.63) is 11.6 Å². The summed E-state index contributed by atoms with van der Waals surface area (Å²) in [5.41, 5.74) is 1.08. The number of carbonyl (C=O) groups excluding carboxylic acids is 1. The number of carbonyl (C=O) groups is 1. The van der Waals surface area contributed by atoms with Crippen LogP contribution in [0.25, 0.3) is 0 Å². The lowest BCUT2D eigenvalue weighted by atomic mass is 9.74. The summed E-state index contributed by atoms with van der Waals surface area (Å²) in [7, 11) is 0. The van der Waals surface area contributed by atoms with Crippen LogP contribution in [-0.2, 0) is 4.79 Å². The van der Waals surface area contributed by atoms with E-state index >= 15 is 0 Å². The summed E-state index contributed by atoms with van der Waals surface area (Å²) in [4.78, 5) is 11.3. The second-order valence-electron chi connectivity index (χ2n) is 3.78. The van der Waals surface area contributed by atoms with Crippen LogP contribution in [-0.4, -0.2) is 5.78 Å². The molecule has 0 saturated carbocycles. The number of ketones is 1. The van der Waals surface area contributed by atoms with E-state index in [-0.39, 0.29) is 5.41 Å². The summed E-state index contributed by atoms with van der Waals surface area (Å²) < 4.78 is 0. The van der Waals surface area contributed by atoms with E-state index in [4.69, 9.17) is 0 Å². The summed E-state index contributed by atoms with van der Waals surface area (Å²) in [5.74, 6) is 0.788. The van der Waals surface area contributed by atoms with Gasteiger partial charge in [0.2, 0.25) is 0 Å². The van der Waals surface area contributed by atoms with Crippen molar-refractivity contribution in [3.63, 3.8) is 0 Å². The number of Topliss-reactive ketones (excluding diaryl/α,β-unsaturated/α-hetero) is 1. The van der Waals surface area contributed by atoms with Gasteiger partial charge < -0.3 is 0 Å². The average molecular weight is 152 g/mol. The largest absolute Gasteiger partial charge is 0.299 e. The Balaban J connectivity index is 3.00. The Kier molecular flexibility index (Phi) is 1.91. The van der Waals surface area contributed by atoms with E-state index in [1.807, 2.05) is 0 Å². The third kappa shape index (κ3) is 1.03. The van der Waals surface area contributed by atoms with Gasteiger partial charge in [-0.3, -0.25) is 4.79 Å². The van der Waals surface area contributed by atoms with Gasteiger partial charge in [0.25, 0.3) is 0 Å². The van der Waals surface area contributed by atoms with Crippen molar-refractivity contribution in [3.8, 4) is 0 Å². The summed E-state index contributed by atoms with van der Waals surface area (Å²) in [6.07, 6.45) is 3.24. The van der Waals surface area contributed by atoms with Gasteiger partial charge in [0.05, 0.1) is 0 Å². The van der Waals surface area contributed by atoms with Crippen molar-refractivity contribution in [2.45, 2.75) is 34.1 Å². The highest BCUT2D eigenvalue weighted by Crippen LogP contribution is 2.43. The molecule has 1 nitrogen and oxygen atoms in total. The van der Waals surface area contributed by atoms with Gasteiger partial charge in [0.1, 0.15) is 5.78 Å². The predicted octanol–water partition coefficient (Wildman–Crippen LogP) is 2.57. The molecular formula is C10H16O. The maximum Gasteiger partial charge on any atom is 0.139 e. The van der Waals surface area contributed by atoms with E-state index in [0.29, 0.717) is 11.7 Å². The number of rotatable bonds is 1. The molecule has 0 aromatic rings. The van der Waals surface area contributed by atoms with Gasteiger partial charge in [0, 0.05) is 5.41 Å². The van der Waals surface area contributed by atoms with Gasteiger partial charge in [-0.1, -0.05) is 18.6 Å². The second-order valence-corrected chi connectivity index (χ2v) is 3.78. The molecule has 1 heteroatoms. The first-order valence-corrected chi connectivity index (χ1v) is 4.18. The van der Waals surface area contributed by atoms with E-state index in [9.17, 15) is 4.79 Å². The maximum absolute atomic E-state index is 11.3. The number of hydrogen-bond donors (Lipinski definition) is 0. The predicted molar refractivity (Wildman–Crippen MR) is 46.3 cm³/mol. The highest BCUT2D eigenvalue weighted by molar-refractivity contribution is 5.86. The standard InChI is InChI=1S/C10H16O/c1-7-5-6-8(2)10(7,4)9(3)11/h5,8H,6H2,1-4H3/t8-,10+/m0/s1. The molecule has 1 aliphatic carbocycles. The molecule has 1 rings (SSSR count). The second kappa shape index (κ2) is 2.47. The normalized spacial score (nSPS) is 37.1. The molecule has 62 valence electrons. The molecule has 0 aromatic heterocycles. The Bertz CT molecular complexity index is 215. The van der Waals surface area contributed by atoms with Gasteiger partial charge >= 0.3 is 0 Å². The van der Waals surface area contributed by atoms with Crippen molar-refractivity contribution in [2.75, 3.05) is 0 Å². The van der Waals surface area contributed by atoms with Crippen LogP contribution in [0.1, 0.15) is 34.1 Å². The fraction of sp³-hybridized carbons (Fsp3) is 0.700. The number of hydrogen-bond acceptors (Lipinski definition) is 1. The van der Waals surface area contributed by atoms with Gasteiger partial charge in [0.15, 0.2) is 0 Å². The van der Waals surface area contributed by atoms with E-state index < -0.39 is 0 Å². The molecule has 0 spiro atoms. The van der Waals surface area contributed by atoms with E-state index in [1.165, 1.54) is 5.57 Å². The lowest BCUT2D eigenvalue weighted by Crippen LogP contribution is -2.30. The molecule has 0 aliphatic heterocycles.